The molecule has 4 heteroatoms. The van der Waals surface area contributed by atoms with Crippen molar-refractivity contribution in [1.82, 2.24) is 4.98 Å². The zero-order valence-electron chi connectivity index (χ0n) is 17.4. The predicted molar refractivity (Wildman–Crippen MR) is 132 cm³/mol. The highest BCUT2D eigenvalue weighted by molar-refractivity contribution is 7.15. The SMILES string of the molecule is O=C(Nc1ncc(Cc2cccc3ccccc23)s1)C(c1ccccc1)c1ccccc1. The standard InChI is InChI=1S/C28H22N2OS/c31-27(26(21-11-3-1-4-12-21)22-13-5-2-6-14-22)30-28-29-19-24(32-28)18-23-16-9-15-20-10-7-8-17-25(20)23/h1-17,19,26H,18H2,(H,29,30,31). The van der Waals surface area contributed by atoms with Gasteiger partial charge in [-0.15, -0.1) is 11.3 Å². The van der Waals surface area contributed by atoms with Gasteiger partial charge in [-0.25, -0.2) is 4.98 Å². The van der Waals surface area contributed by atoms with Crippen LogP contribution in [0.5, 0.6) is 0 Å². The number of carbonyl (C=O) groups is 1. The zero-order valence-corrected chi connectivity index (χ0v) is 18.3. The van der Waals surface area contributed by atoms with Crippen molar-refractivity contribution in [2.45, 2.75) is 12.3 Å². The van der Waals surface area contributed by atoms with E-state index in [9.17, 15) is 4.79 Å². The molecule has 1 amide bonds. The second-order valence-electron chi connectivity index (χ2n) is 7.69. The van der Waals surface area contributed by atoms with E-state index in [0.29, 0.717) is 5.13 Å². The minimum absolute atomic E-state index is 0.0755. The van der Waals surface area contributed by atoms with Crippen molar-refractivity contribution in [1.29, 1.82) is 0 Å². The number of fused-ring (bicyclic) bond motifs is 1. The molecule has 5 rings (SSSR count). The van der Waals surface area contributed by atoms with Gasteiger partial charge in [-0.2, -0.15) is 0 Å². The molecule has 1 heterocycles. The van der Waals surface area contributed by atoms with Crippen molar-refractivity contribution < 1.29 is 4.79 Å². The fourth-order valence-corrected chi connectivity index (χ4v) is 4.88. The number of anilines is 1. The molecule has 0 fully saturated rings. The fourth-order valence-electron chi connectivity index (χ4n) is 4.05. The van der Waals surface area contributed by atoms with Crippen LogP contribution in [-0.2, 0) is 11.2 Å². The smallest absolute Gasteiger partial charge is 0.238 e. The zero-order chi connectivity index (χ0) is 21.8. The van der Waals surface area contributed by atoms with E-state index in [-0.39, 0.29) is 11.8 Å². The molecule has 0 radical (unpaired) electrons. The quantitative estimate of drug-likeness (QED) is 0.325. The number of nitrogens with zero attached hydrogens (tertiary/aromatic N) is 1. The topological polar surface area (TPSA) is 42.0 Å². The Kier molecular flexibility index (Phi) is 5.77. The van der Waals surface area contributed by atoms with Gasteiger partial charge in [0, 0.05) is 17.5 Å². The first-order valence-corrected chi connectivity index (χ1v) is 11.4. The van der Waals surface area contributed by atoms with Crippen molar-refractivity contribution in [2.24, 2.45) is 0 Å². The summed E-state index contributed by atoms with van der Waals surface area (Å²) in [5, 5.41) is 6.16. The molecule has 1 N–H and O–H groups in total. The van der Waals surface area contributed by atoms with Crippen LogP contribution in [0.4, 0.5) is 5.13 Å². The summed E-state index contributed by atoms with van der Waals surface area (Å²) in [4.78, 5) is 18.9. The van der Waals surface area contributed by atoms with Gasteiger partial charge in [0.2, 0.25) is 5.91 Å². The monoisotopic (exact) mass is 434 g/mol. The van der Waals surface area contributed by atoms with Crippen molar-refractivity contribution >= 4 is 33.1 Å². The van der Waals surface area contributed by atoms with E-state index in [1.54, 1.807) is 0 Å². The van der Waals surface area contributed by atoms with Crippen molar-refractivity contribution in [2.75, 3.05) is 5.32 Å². The largest absolute Gasteiger partial charge is 0.301 e. The number of rotatable bonds is 6. The van der Waals surface area contributed by atoms with Crippen LogP contribution in [-0.4, -0.2) is 10.9 Å². The molecule has 0 aliphatic rings. The van der Waals surface area contributed by atoms with Crippen LogP contribution in [0.15, 0.2) is 109 Å². The summed E-state index contributed by atoms with van der Waals surface area (Å²) in [6.45, 7) is 0. The molecule has 156 valence electrons. The van der Waals surface area contributed by atoms with Crippen LogP contribution in [0, 0.1) is 0 Å². The summed E-state index contributed by atoms with van der Waals surface area (Å²) >= 11 is 1.53. The minimum Gasteiger partial charge on any atom is -0.301 e. The number of nitrogens with one attached hydrogen (secondary N) is 1. The van der Waals surface area contributed by atoms with Gasteiger partial charge in [0.05, 0.1) is 5.92 Å². The summed E-state index contributed by atoms with van der Waals surface area (Å²) in [6.07, 6.45) is 2.65. The molecular formula is C28H22N2OS. The number of benzene rings is 4. The first-order chi connectivity index (χ1) is 15.8. The molecule has 0 aliphatic carbocycles. The van der Waals surface area contributed by atoms with Gasteiger partial charge < -0.3 is 5.32 Å². The van der Waals surface area contributed by atoms with Gasteiger partial charge >= 0.3 is 0 Å². The second kappa shape index (κ2) is 9.16. The predicted octanol–water partition coefficient (Wildman–Crippen LogP) is 6.66. The average Bonchev–Trinajstić information content (AvgIpc) is 3.27. The summed E-state index contributed by atoms with van der Waals surface area (Å²) < 4.78 is 0. The number of thiazole rings is 1. The van der Waals surface area contributed by atoms with Gasteiger partial charge in [0.1, 0.15) is 0 Å². The minimum atomic E-state index is -0.386. The third-order valence-corrected chi connectivity index (χ3v) is 6.47. The average molecular weight is 435 g/mol. The Balaban J connectivity index is 1.37. The third kappa shape index (κ3) is 4.32. The van der Waals surface area contributed by atoms with Gasteiger partial charge in [-0.05, 0) is 27.5 Å². The normalized spacial score (nSPS) is 11.0. The van der Waals surface area contributed by atoms with E-state index in [1.165, 1.54) is 27.7 Å². The number of hydrogen-bond acceptors (Lipinski definition) is 3. The first-order valence-electron chi connectivity index (χ1n) is 10.6. The lowest BCUT2D eigenvalue weighted by Crippen LogP contribution is -2.22. The highest BCUT2D eigenvalue weighted by Crippen LogP contribution is 2.29. The lowest BCUT2D eigenvalue weighted by Gasteiger charge is -2.17. The molecule has 5 aromatic rings. The molecule has 3 nitrogen and oxygen atoms in total. The molecule has 0 atom stereocenters. The van der Waals surface area contributed by atoms with Gasteiger partial charge in [0.25, 0.3) is 0 Å². The highest BCUT2D eigenvalue weighted by Gasteiger charge is 2.23. The van der Waals surface area contributed by atoms with Gasteiger partial charge in [0.15, 0.2) is 5.13 Å². The van der Waals surface area contributed by atoms with Crippen LogP contribution in [0.25, 0.3) is 10.8 Å². The Morgan fingerprint density at radius 2 is 1.41 bits per heavy atom. The number of amides is 1. The molecule has 0 saturated heterocycles. The molecular weight excluding hydrogens is 412 g/mol. The van der Waals surface area contributed by atoms with E-state index in [0.717, 1.165) is 22.4 Å². The Morgan fingerprint density at radius 1 is 0.781 bits per heavy atom. The van der Waals surface area contributed by atoms with E-state index in [4.69, 9.17) is 0 Å². The maximum Gasteiger partial charge on any atom is 0.238 e. The van der Waals surface area contributed by atoms with E-state index in [2.05, 4.69) is 52.8 Å². The van der Waals surface area contributed by atoms with Gasteiger partial charge in [-0.1, -0.05) is 103 Å². The summed E-state index contributed by atoms with van der Waals surface area (Å²) in [5.74, 6) is -0.462. The van der Waals surface area contributed by atoms with E-state index in [1.807, 2.05) is 66.9 Å². The Labute approximate surface area is 191 Å². The lowest BCUT2D eigenvalue weighted by molar-refractivity contribution is -0.116. The maximum atomic E-state index is 13.3. The molecule has 1 aromatic heterocycles. The van der Waals surface area contributed by atoms with Crippen LogP contribution in [0.1, 0.15) is 27.5 Å². The van der Waals surface area contributed by atoms with E-state index < -0.39 is 0 Å². The lowest BCUT2D eigenvalue weighted by atomic mass is 9.90. The van der Waals surface area contributed by atoms with Crippen LogP contribution in [0.2, 0.25) is 0 Å². The molecule has 0 unspecified atom stereocenters. The summed E-state index contributed by atoms with van der Waals surface area (Å²) in [5.41, 5.74) is 3.18. The Hall–Kier alpha value is -3.76. The Bertz CT molecular complexity index is 1300. The number of carbonyl (C=O) groups excluding carboxylic acids is 1. The molecule has 0 bridgehead atoms. The van der Waals surface area contributed by atoms with Crippen LogP contribution < -0.4 is 5.32 Å². The van der Waals surface area contributed by atoms with E-state index >= 15 is 0 Å². The summed E-state index contributed by atoms with van der Waals surface area (Å²) in [6, 6.07) is 34.5. The van der Waals surface area contributed by atoms with Crippen molar-refractivity contribution in [3.05, 3.63) is 131 Å². The third-order valence-electron chi connectivity index (χ3n) is 5.56. The van der Waals surface area contributed by atoms with Gasteiger partial charge in [-0.3, -0.25) is 4.79 Å². The number of hydrogen-bond donors (Lipinski definition) is 1. The summed E-state index contributed by atoms with van der Waals surface area (Å²) in [7, 11) is 0. The first kappa shape index (κ1) is 20.2. The molecule has 32 heavy (non-hydrogen) atoms. The van der Waals surface area contributed by atoms with Crippen LogP contribution >= 0.6 is 11.3 Å². The van der Waals surface area contributed by atoms with Crippen molar-refractivity contribution in [3.63, 3.8) is 0 Å². The molecule has 0 saturated carbocycles. The highest BCUT2D eigenvalue weighted by atomic mass is 32.1. The second-order valence-corrected chi connectivity index (χ2v) is 8.81. The molecule has 0 spiro atoms. The molecule has 0 aliphatic heterocycles. The molecule has 4 aromatic carbocycles. The fraction of sp³-hybridized carbons (Fsp3) is 0.0714. The maximum absolute atomic E-state index is 13.3. The Morgan fingerprint density at radius 3 is 2.12 bits per heavy atom. The number of aromatic nitrogens is 1. The van der Waals surface area contributed by atoms with Crippen molar-refractivity contribution in [3.8, 4) is 0 Å². The van der Waals surface area contributed by atoms with Crippen LogP contribution in [0.3, 0.4) is 0 Å².